The number of hydrogen-bond donors (Lipinski definition) is 0. The number of benzene rings is 1. The summed E-state index contributed by atoms with van der Waals surface area (Å²) in [6.07, 6.45) is 3.66. The van der Waals surface area contributed by atoms with Crippen molar-refractivity contribution in [3.8, 4) is 11.3 Å². The highest BCUT2D eigenvalue weighted by molar-refractivity contribution is 9.10. The number of amides is 1. The van der Waals surface area contributed by atoms with Gasteiger partial charge in [0.25, 0.3) is 5.91 Å². The third-order valence-electron chi connectivity index (χ3n) is 3.30. The van der Waals surface area contributed by atoms with Gasteiger partial charge in [0.1, 0.15) is 5.56 Å². The van der Waals surface area contributed by atoms with Gasteiger partial charge in [-0.2, -0.15) is 0 Å². The molecule has 0 unspecified atom stereocenters. The van der Waals surface area contributed by atoms with E-state index in [0.717, 1.165) is 36.0 Å². The predicted octanol–water partition coefficient (Wildman–Crippen LogP) is 3.34. The molecule has 1 aromatic heterocycles. The molecule has 0 aliphatic carbocycles. The standard InChI is InChI=1S/C14H13BrN2O2/c15-11-5-3-10(4-6-11)13-12(9-16-19-13)14(18)17-7-1-2-8-17/h3-6,9H,1-2,7-8H2. The molecule has 0 N–H and O–H groups in total. The van der Waals surface area contributed by atoms with Gasteiger partial charge in [0.05, 0.1) is 6.20 Å². The van der Waals surface area contributed by atoms with Crippen molar-refractivity contribution in [2.75, 3.05) is 13.1 Å². The monoisotopic (exact) mass is 320 g/mol. The topological polar surface area (TPSA) is 46.3 Å². The fraction of sp³-hybridized carbons (Fsp3) is 0.286. The number of halogens is 1. The lowest BCUT2D eigenvalue weighted by molar-refractivity contribution is 0.0793. The van der Waals surface area contributed by atoms with Gasteiger partial charge in [-0.05, 0) is 37.1 Å². The van der Waals surface area contributed by atoms with Crippen molar-refractivity contribution < 1.29 is 9.32 Å². The molecule has 19 heavy (non-hydrogen) atoms. The van der Waals surface area contributed by atoms with E-state index in [4.69, 9.17) is 4.52 Å². The van der Waals surface area contributed by atoms with Crippen LogP contribution in [0, 0.1) is 0 Å². The molecular formula is C14H13BrN2O2. The maximum atomic E-state index is 12.4. The van der Waals surface area contributed by atoms with Crippen LogP contribution in [0.2, 0.25) is 0 Å². The number of aromatic nitrogens is 1. The van der Waals surface area contributed by atoms with Crippen molar-refractivity contribution in [2.45, 2.75) is 12.8 Å². The lowest BCUT2D eigenvalue weighted by atomic mass is 10.1. The molecule has 3 rings (SSSR count). The molecule has 1 amide bonds. The molecule has 0 spiro atoms. The van der Waals surface area contributed by atoms with Gasteiger partial charge in [-0.15, -0.1) is 0 Å². The second kappa shape index (κ2) is 5.17. The average molecular weight is 321 g/mol. The Balaban J connectivity index is 1.93. The highest BCUT2D eigenvalue weighted by atomic mass is 79.9. The zero-order valence-electron chi connectivity index (χ0n) is 10.3. The summed E-state index contributed by atoms with van der Waals surface area (Å²) in [6, 6.07) is 7.65. The molecule has 1 aliphatic rings. The lowest BCUT2D eigenvalue weighted by Crippen LogP contribution is -2.27. The van der Waals surface area contributed by atoms with Gasteiger partial charge < -0.3 is 9.42 Å². The van der Waals surface area contributed by atoms with Gasteiger partial charge in [0, 0.05) is 23.1 Å². The minimum atomic E-state index is 0.0108. The molecule has 0 atom stereocenters. The van der Waals surface area contributed by atoms with Crippen molar-refractivity contribution >= 4 is 21.8 Å². The zero-order chi connectivity index (χ0) is 13.2. The van der Waals surface area contributed by atoms with Crippen LogP contribution in [0.1, 0.15) is 23.2 Å². The molecular weight excluding hydrogens is 308 g/mol. The van der Waals surface area contributed by atoms with E-state index in [1.54, 1.807) is 0 Å². The summed E-state index contributed by atoms with van der Waals surface area (Å²) in [5.41, 5.74) is 1.41. The molecule has 1 aliphatic heterocycles. The number of carbonyl (C=O) groups excluding carboxylic acids is 1. The second-order valence-corrected chi connectivity index (χ2v) is 5.49. The Kier molecular flexibility index (Phi) is 3.38. The highest BCUT2D eigenvalue weighted by Gasteiger charge is 2.25. The van der Waals surface area contributed by atoms with Crippen molar-refractivity contribution in [2.24, 2.45) is 0 Å². The van der Waals surface area contributed by atoms with E-state index in [2.05, 4.69) is 21.1 Å². The van der Waals surface area contributed by atoms with Gasteiger partial charge >= 0.3 is 0 Å². The summed E-state index contributed by atoms with van der Waals surface area (Å²) in [4.78, 5) is 14.2. The van der Waals surface area contributed by atoms with E-state index in [1.165, 1.54) is 6.20 Å². The molecule has 0 bridgehead atoms. The molecule has 98 valence electrons. The summed E-state index contributed by atoms with van der Waals surface area (Å²) in [5.74, 6) is 0.557. The summed E-state index contributed by atoms with van der Waals surface area (Å²) >= 11 is 3.39. The summed E-state index contributed by atoms with van der Waals surface area (Å²) in [7, 11) is 0. The van der Waals surface area contributed by atoms with Crippen molar-refractivity contribution in [3.63, 3.8) is 0 Å². The largest absolute Gasteiger partial charge is 0.355 e. The number of nitrogens with zero attached hydrogens (tertiary/aromatic N) is 2. The van der Waals surface area contributed by atoms with Crippen LogP contribution >= 0.6 is 15.9 Å². The lowest BCUT2D eigenvalue weighted by Gasteiger charge is -2.14. The van der Waals surface area contributed by atoms with Crippen LogP contribution in [0.4, 0.5) is 0 Å². The predicted molar refractivity (Wildman–Crippen MR) is 74.8 cm³/mol. The number of likely N-dealkylation sites (tertiary alicyclic amines) is 1. The van der Waals surface area contributed by atoms with E-state index in [0.29, 0.717) is 11.3 Å². The minimum absolute atomic E-state index is 0.0108. The Hall–Kier alpha value is -1.62. The van der Waals surface area contributed by atoms with Crippen LogP contribution in [0.5, 0.6) is 0 Å². The Labute approximate surface area is 119 Å². The van der Waals surface area contributed by atoms with E-state index >= 15 is 0 Å². The van der Waals surface area contributed by atoms with Crippen molar-refractivity contribution in [3.05, 3.63) is 40.5 Å². The van der Waals surface area contributed by atoms with Gasteiger partial charge in [-0.3, -0.25) is 4.79 Å². The van der Waals surface area contributed by atoms with Crippen LogP contribution in [0.25, 0.3) is 11.3 Å². The maximum absolute atomic E-state index is 12.4. The quantitative estimate of drug-likeness (QED) is 0.852. The minimum Gasteiger partial charge on any atom is -0.355 e. The van der Waals surface area contributed by atoms with Crippen LogP contribution in [-0.2, 0) is 0 Å². The molecule has 5 heteroatoms. The van der Waals surface area contributed by atoms with Crippen molar-refractivity contribution in [1.82, 2.24) is 10.1 Å². The normalized spacial score (nSPS) is 14.9. The van der Waals surface area contributed by atoms with Gasteiger partial charge in [0.15, 0.2) is 5.76 Å². The molecule has 2 aromatic rings. The Morgan fingerprint density at radius 1 is 1.21 bits per heavy atom. The molecule has 1 aromatic carbocycles. The highest BCUT2D eigenvalue weighted by Crippen LogP contribution is 2.27. The van der Waals surface area contributed by atoms with Crippen LogP contribution < -0.4 is 0 Å². The first-order chi connectivity index (χ1) is 9.25. The smallest absolute Gasteiger partial charge is 0.259 e. The van der Waals surface area contributed by atoms with E-state index < -0.39 is 0 Å². The Bertz CT molecular complexity index is 586. The molecule has 1 fully saturated rings. The molecule has 0 radical (unpaired) electrons. The first kappa shape index (κ1) is 12.4. The van der Waals surface area contributed by atoms with Crippen molar-refractivity contribution in [1.29, 1.82) is 0 Å². The fourth-order valence-electron chi connectivity index (χ4n) is 2.29. The van der Waals surface area contributed by atoms with Crippen LogP contribution in [0.3, 0.4) is 0 Å². The van der Waals surface area contributed by atoms with Crippen LogP contribution in [0.15, 0.2) is 39.5 Å². The summed E-state index contributed by atoms with van der Waals surface area (Å²) in [6.45, 7) is 1.65. The second-order valence-electron chi connectivity index (χ2n) is 4.57. The summed E-state index contributed by atoms with van der Waals surface area (Å²) < 4.78 is 6.25. The average Bonchev–Trinajstić information content (AvgIpc) is 3.10. The third kappa shape index (κ3) is 2.42. The van der Waals surface area contributed by atoms with Gasteiger partial charge in [0.2, 0.25) is 0 Å². The first-order valence-electron chi connectivity index (χ1n) is 6.25. The van der Waals surface area contributed by atoms with E-state index in [1.807, 2.05) is 29.2 Å². The van der Waals surface area contributed by atoms with Gasteiger partial charge in [-0.25, -0.2) is 0 Å². The zero-order valence-corrected chi connectivity index (χ0v) is 11.9. The molecule has 4 nitrogen and oxygen atoms in total. The number of carbonyl (C=O) groups is 1. The molecule has 0 saturated carbocycles. The molecule has 1 saturated heterocycles. The van der Waals surface area contributed by atoms with E-state index in [-0.39, 0.29) is 5.91 Å². The fourth-order valence-corrected chi connectivity index (χ4v) is 2.56. The first-order valence-corrected chi connectivity index (χ1v) is 7.05. The Morgan fingerprint density at radius 3 is 2.58 bits per heavy atom. The maximum Gasteiger partial charge on any atom is 0.259 e. The Morgan fingerprint density at radius 2 is 1.89 bits per heavy atom. The third-order valence-corrected chi connectivity index (χ3v) is 3.83. The SMILES string of the molecule is O=C(c1cnoc1-c1ccc(Br)cc1)N1CCCC1. The number of hydrogen-bond acceptors (Lipinski definition) is 3. The van der Waals surface area contributed by atoms with Crippen LogP contribution in [-0.4, -0.2) is 29.1 Å². The summed E-state index contributed by atoms with van der Waals surface area (Å²) in [5, 5.41) is 3.78. The molecule has 2 heterocycles. The number of rotatable bonds is 2. The van der Waals surface area contributed by atoms with E-state index in [9.17, 15) is 4.79 Å². The van der Waals surface area contributed by atoms with Gasteiger partial charge in [-0.1, -0.05) is 21.1 Å².